The van der Waals surface area contributed by atoms with Gasteiger partial charge in [0.1, 0.15) is 5.75 Å². The Labute approximate surface area is 161 Å². The molecule has 0 fully saturated rings. The molecule has 0 heterocycles. The largest absolute Gasteiger partial charge is 0.494 e. The first-order chi connectivity index (χ1) is 12.3. The van der Waals surface area contributed by atoms with Crippen molar-refractivity contribution in [3.63, 3.8) is 0 Å². The molecular formula is C18H18Cl2N2O4. The summed E-state index contributed by atoms with van der Waals surface area (Å²) >= 11 is 12.0. The first-order valence-corrected chi connectivity index (χ1v) is 8.39. The fraction of sp³-hybridized carbons (Fsp3) is 0.222. The maximum atomic E-state index is 12.1. The third kappa shape index (κ3) is 5.03. The number of halogens is 2. The molecule has 138 valence electrons. The summed E-state index contributed by atoms with van der Waals surface area (Å²) in [5, 5.41) is 0.379. The molecule has 0 unspecified atom stereocenters. The summed E-state index contributed by atoms with van der Waals surface area (Å²) in [6.45, 7) is 3.69. The van der Waals surface area contributed by atoms with Gasteiger partial charge in [-0.05, 0) is 49.2 Å². The van der Waals surface area contributed by atoms with Crippen LogP contribution < -0.4 is 20.3 Å². The molecule has 2 rings (SSSR count). The van der Waals surface area contributed by atoms with Gasteiger partial charge in [0.05, 0.1) is 17.2 Å². The quantitative estimate of drug-likeness (QED) is 0.758. The van der Waals surface area contributed by atoms with Gasteiger partial charge in [-0.15, -0.1) is 0 Å². The highest BCUT2D eigenvalue weighted by atomic mass is 35.5. The normalized spacial score (nSPS) is 10.2. The van der Waals surface area contributed by atoms with Crippen LogP contribution in [0.5, 0.6) is 11.5 Å². The van der Waals surface area contributed by atoms with Crippen molar-refractivity contribution in [2.24, 2.45) is 0 Å². The molecule has 26 heavy (non-hydrogen) atoms. The molecule has 0 aliphatic carbocycles. The predicted molar refractivity (Wildman–Crippen MR) is 100 cm³/mol. The highest BCUT2D eigenvalue weighted by Crippen LogP contribution is 2.33. The lowest BCUT2D eigenvalue weighted by atomic mass is 10.1. The van der Waals surface area contributed by atoms with Crippen LogP contribution in [0.1, 0.15) is 21.5 Å². The molecule has 0 bridgehead atoms. The van der Waals surface area contributed by atoms with E-state index >= 15 is 0 Å². The molecule has 0 radical (unpaired) electrons. The molecule has 2 amide bonds. The van der Waals surface area contributed by atoms with Crippen LogP contribution in [-0.2, 0) is 4.79 Å². The van der Waals surface area contributed by atoms with Gasteiger partial charge < -0.3 is 9.47 Å². The van der Waals surface area contributed by atoms with Crippen LogP contribution in [0.25, 0.3) is 0 Å². The molecule has 2 aromatic rings. The van der Waals surface area contributed by atoms with E-state index in [9.17, 15) is 9.59 Å². The molecule has 2 aromatic carbocycles. The lowest BCUT2D eigenvalue weighted by Gasteiger charge is -2.11. The number of hydrazine groups is 1. The van der Waals surface area contributed by atoms with Crippen LogP contribution in [0.2, 0.25) is 10.0 Å². The van der Waals surface area contributed by atoms with Gasteiger partial charge >= 0.3 is 0 Å². The fourth-order valence-electron chi connectivity index (χ4n) is 2.07. The molecule has 0 atom stereocenters. The Hall–Kier alpha value is -2.44. The van der Waals surface area contributed by atoms with Gasteiger partial charge in [-0.25, -0.2) is 0 Å². The van der Waals surface area contributed by atoms with Gasteiger partial charge in [-0.2, -0.15) is 0 Å². The van der Waals surface area contributed by atoms with Crippen LogP contribution in [-0.4, -0.2) is 25.5 Å². The number of nitrogens with one attached hydrogen (secondary N) is 2. The van der Waals surface area contributed by atoms with Crippen molar-refractivity contribution in [2.45, 2.75) is 13.8 Å². The van der Waals surface area contributed by atoms with Gasteiger partial charge in [0.2, 0.25) is 0 Å². The summed E-state index contributed by atoms with van der Waals surface area (Å²) < 4.78 is 10.4. The summed E-state index contributed by atoms with van der Waals surface area (Å²) in [6, 6.07) is 8.29. The first-order valence-electron chi connectivity index (χ1n) is 7.64. The Morgan fingerprint density at radius 3 is 2.23 bits per heavy atom. The highest BCUT2D eigenvalue weighted by Gasteiger charge is 2.14. The number of benzene rings is 2. The second kappa shape index (κ2) is 8.78. The SMILES string of the molecule is COc1c(Cl)cc(C(=O)NNC(=O)COc2ccc(C)c(C)c2)cc1Cl. The Kier molecular flexibility index (Phi) is 6.71. The maximum absolute atomic E-state index is 12.1. The topological polar surface area (TPSA) is 76.7 Å². The standard InChI is InChI=1S/C18H18Cl2N2O4/c1-10-4-5-13(6-11(10)2)26-9-16(23)21-22-18(24)12-7-14(19)17(25-3)15(20)8-12/h4-8H,9H2,1-3H3,(H,21,23)(H,22,24). The Morgan fingerprint density at radius 2 is 1.65 bits per heavy atom. The van der Waals surface area contributed by atoms with Gasteiger partial charge in [0.15, 0.2) is 12.4 Å². The van der Waals surface area contributed by atoms with E-state index < -0.39 is 11.8 Å². The Morgan fingerprint density at radius 1 is 1.00 bits per heavy atom. The smallest absolute Gasteiger partial charge is 0.276 e. The van der Waals surface area contributed by atoms with Crippen molar-refractivity contribution in [1.29, 1.82) is 0 Å². The van der Waals surface area contributed by atoms with Gasteiger partial charge in [0.25, 0.3) is 11.8 Å². The zero-order valence-corrected chi connectivity index (χ0v) is 16.0. The third-order valence-corrected chi connectivity index (χ3v) is 4.19. The van der Waals surface area contributed by atoms with Crippen molar-refractivity contribution in [3.05, 3.63) is 57.1 Å². The zero-order chi connectivity index (χ0) is 19.3. The van der Waals surface area contributed by atoms with Crippen molar-refractivity contribution in [1.82, 2.24) is 10.9 Å². The highest BCUT2D eigenvalue weighted by molar-refractivity contribution is 6.37. The molecule has 0 spiro atoms. The van der Waals surface area contributed by atoms with E-state index in [0.29, 0.717) is 5.75 Å². The molecule has 0 aromatic heterocycles. The van der Waals surface area contributed by atoms with E-state index in [-0.39, 0.29) is 28.0 Å². The summed E-state index contributed by atoms with van der Waals surface area (Å²) in [6.07, 6.45) is 0. The lowest BCUT2D eigenvalue weighted by molar-refractivity contribution is -0.123. The van der Waals surface area contributed by atoms with Crippen molar-refractivity contribution in [2.75, 3.05) is 13.7 Å². The van der Waals surface area contributed by atoms with E-state index in [4.69, 9.17) is 32.7 Å². The molecule has 2 N–H and O–H groups in total. The number of amides is 2. The molecule has 6 nitrogen and oxygen atoms in total. The van der Waals surface area contributed by atoms with Crippen molar-refractivity contribution < 1.29 is 19.1 Å². The Bertz CT molecular complexity index is 817. The van der Waals surface area contributed by atoms with Crippen LogP contribution in [0, 0.1) is 13.8 Å². The fourth-order valence-corrected chi connectivity index (χ4v) is 2.71. The van der Waals surface area contributed by atoms with Crippen molar-refractivity contribution in [3.8, 4) is 11.5 Å². The van der Waals surface area contributed by atoms with E-state index in [1.807, 2.05) is 26.0 Å². The summed E-state index contributed by atoms with van der Waals surface area (Å²) in [5.41, 5.74) is 6.90. The average Bonchev–Trinajstić information content (AvgIpc) is 2.60. The van der Waals surface area contributed by atoms with Gasteiger partial charge in [-0.1, -0.05) is 29.3 Å². The summed E-state index contributed by atoms with van der Waals surface area (Å²) in [7, 11) is 1.42. The molecule has 0 aliphatic rings. The van der Waals surface area contributed by atoms with Crippen LogP contribution in [0.15, 0.2) is 30.3 Å². The number of carbonyl (C=O) groups is 2. The predicted octanol–water partition coefficient (Wildman–Crippen LogP) is 3.46. The molecule has 0 aliphatic heterocycles. The molecule has 0 saturated carbocycles. The number of aryl methyl sites for hydroxylation is 2. The van der Waals surface area contributed by atoms with Crippen LogP contribution in [0.3, 0.4) is 0 Å². The summed E-state index contributed by atoms with van der Waals surface area (Å²) in [5.74, 6) is -0.239. The Balaban J connectivity index is 1.88. The van der Waals surface area contributed by atoms with Gasteiger partial charge in [0, 0.05) is 5.56 Å². The van der Waals surface area contributed by atoms with Crippen LogP contribution >= 0.6 is 23.2 Å². The van der Waals surface area contributed by atoms with Crippen molar-refractivity contribution >= 4 is 35.0 Å². The zero-order valence-electron chi connectivity index (χ0n) is 14.5. The number of rotatable bonds is 5. The minimum Gasteiger partial charge on any atom is -0.494 e. The minimum atomic E-state index is -0.573. The monoisotopic (exact) mass is 396 g/mol. The van der Waals surface area contributed by atoms with E-state index in [1.165, 1.54) is 19.2 Å². The molecule has 8 heteroatoms. The molecule has 0 saturated heterocycles. The number of carbonyl (C=O) groups excluding carboxylic acids is 2. The number of methoxy groups -OCH3 is 1. The second-order valence-electron chi connectivity index (χ2n) is 5.51. The van der Waals surface area contributed by atoms with Gasteiger partial charge in [-0.3, -0.25) is 20.4 Å². The minimum absolute atomic E-state index is 0.177. The van der Waals surface area contributed by atoms with E-state index in [2.05, 4.69) is 10.9 Å². The number of ether oxygens (including phenoxy) is 2. The third-order valence-electron chi connectivity index (χ3n) is 3.63. The van der Waals surface area contributed by atoms with Crippen LogP contribution in [0.4, 0.5) is 0 Å². The number of hydrogen-bond donors (Lipinski definition) is 2. The lowest BCUT2D eigenvalue weighted by Crippen LogP contribution is -2.43. The van der Waals surface area contributed by atoms with E-state index in [1.54, 1.807) is 6.07 Å². The van der Waals surface area contributed by atoms with E-state index in [0.717, 1.165) is 11.1 Å². The number of hydrogen-bond acceptors (Lipinski definition) is 4. The second-order valence-corrected chi connectivity index (χ2v) is 6.32. The summed E-state index contributed by atoms with van der Waals surface area (Å²) in [4.78, 5) is 23.9. The molecular weight excluding hydrogens is 379 g/mol. The average molecular weight is 397 g/mol. The first kappa shape index (κ1) is 19.9. The maximum Gasteiger partial charge on any atom is 0.276 e.